The minimum Gasteiger partial charge on any atom is -0.397 e. The molecule has 0 aliphatic rings. The number of nitrogens with zero attached hydrogens (tertiary/aromatic N) is 2. The molecule has 16 heavy (non-hydrogen) atoms. The van der Waals surface area contributed by atoms with Crippen molar-refractivity contribution in [2.75, 3.05) is 11.1 Å². The molecule has 0 amide bonds. The van der Waals surface area contributed by atoms with Crippen molar-refractivity contribution in [2.45, 2.75) is 13.5 Å². The third kappa shape index (κ3) is 2.48. The topological polar surface area (TPSA) is 63.8 Å². The van der Waals surface area contributed by atoms with E-state index in [-0.39, 0.29) is 0 Å². The number of benzene rings is 1. The van der Waals surface area contributed by atoms with Gasteiger partial charge in [0.1, 0.15) is 6.33 Å². The molecule has 0 atom stereocenters. The molecule has 1 aromatic heterocycles. The standard InChI is InChI=1S/C12H14N4/c1-9-2-3-12(11(13)6-9)15-7-10-4-5-14-8-16-10/h2-6,8,15H,7,13H2,1H3. The van der Waals surface area contributed by atoms with Crippen molar-refractivity contribution in [1.82, 2.24) is 9.97 Å². The fraction of sp³-hybridized carbons (Fsp3) is 0.167. The van der Waals surface area contributed by atoms with E-state index in [2.05, 4.69) is 15.3 Å². The second kappa shape index (κ2) is 4.61. The predicted octanol–water partition coefficient (Wildman–Crippen LogP) is 1.98. The minimum atomic E-state index is 0.649. The van der Waals surface area contributed by atoms with Crippen LogP contribution in [0.1, 0.15) is 11.3 Å². The van der Waals surface area contributed by atoms with Crippen LogP contribution < -0.4 is 11.1 Å². The van der Waals surface area contributed by atoms with Gasteiger partial charge in [-0.05, 0) is 30.7 Å². The first-order valence-electron chi connectivity index (χ1n) is 5.10. The number of anilines is 2. The van der Waals surface area contributed by atoms with Gasteiger partial charge in [0, 0.05) is 6.20 Å². The van der Waals surface area contributed by atoms with E-state index in [9.17, 15) is 0 Å². The second-order valence-electron chi connectivity index (χ2n) is 3.64. The highest BCUT2D eigenvalue weighted by Gasteiger charge is 1.99. The average Bonchev–Trinajstić information content (AvgIpc) is 2.29. The Bertz CT molecular complexity index is 468. The minimum absolute atomic E-state index is 0.649. The fourth-order valence-corrected chi connectivity index (χ4v) is 1.45. The van der Waals surface area contributed by atoms with Gasteiger partial charge in [0.2, 0.25) is 0 Å². The quantitative estimate of drug-likeness (QED) is 0.767. The molecule has 0 radical (unpaired) electrons. The Morgan fingerprint density at radius 1 is 1.31 bits per heavy atom. The monoisotopic (exact) mass is 214 g/mol. The molecular formula is C12H14N4. The summed E-state index contributed by atoms with van der Waals surface area (Å²) in [6.07, 6.45) is 3.26. The summed E-state index contributed by atoms with van der Waals surface area (Å²) >= 11 is 0. The van der Waals surface area contributed by atoms with Crippen molar-refractivity contribution in [3.05, 3.63) is 48.0 Å². The van der Waals surface area contributed by atoms with Crippen LogP contribution in [0, 0.1) is 6.92 Å². The normalized spacial score (nSPS) is 10.1. The molecule has 0 aliphatic carbocycles. The summed E-state index contributed by atoms with van der Waals surface area (Å²) in [5.41, 5.74) is 9.68. The molecule has 82 valence electrons. The van der Waals surface area contributed by atoms with E-state index in [4.69, 9.17) is 5.73 Å². The lowest BCUT2D eigenvalue weighted by Gasteiger charge is -2.09. The summed E-state index contributed by atoms with van der Waals surface area (Å²) in [6.45, 7) is 2.67. The predicted molar refractivity (Wildman–Crippen MR) is 65.0 cm³/mol. The maximum Gasteiger partial charge on any atom is 0.115 e. The summed E-state index contributed by atoms with van der Waals surface area (Å²) in [6, 6.07) is 7.82. The SMILES string of the molecule is Cc1ccc(NCc2ccncn2)c(N)c1. The van der Waals surface area contributed by atoms with Crippen LogP contribution in [0.25, 0.3) is 0 Å². The molecule has 2 rings (SSSR count). The van der Waals surface area contributed by atoms with Crippen LogP contribution in [0.15, 0.2) is 36.8 Å². The maximum absolute atomic E-state index is 5.89. The lowest BCUT2D eigenvalue weighted by Crippen LogP contribution is -2.04. The highest BCUT2D eigenvalue weighted by atomic mass is 14.9. The first-order chi connectivity index (χ1) is 7.75. The first-order valence-corrected chi connectivity index (χ1v) is 5.10. The molecule has 4 nitrogen and oxygen atoms in total. The first kappa shape index (κ1) is 10.4. The molecule has 0 aliphatic heterocycles. The molecular weight excluding hydrogens is 200 g/mol. The molecule has 1 heterocycles. The molecule has 0 saturated heterocycles. The van der Waals surface area contributed by atoms with E-state index in [0.717, 1.165) is 22.6 Å². The highest BCUT2D eigenvalue weighted by molar-refractivity contribution is 5.66. The molecule has 0 spiro atoms. The lowest BCUT2D eigenvalue weighted by molar-refractivity contribution is 1.01. The van der Waals surface area contributed by atoms with Crippen molar-refractivity contribution in [3.8, 4) is 0 Å². The van der Waals surface area contributed by atoms with Gasteiger partial charge < -0.3 is 11.1 Å². The van der Waals surface area contributed by atoms with Gasteiger partial charge in [-0.25, -0.2) is 9.97 Å². The van der Waals surface area contributed by atoms with Gasteiger partial charge in [-0.2, -0.15) is 0 Å². The number of aryl methyl sites for hydroxylation is 1. The Morgan fingerprint density at radius 2 is 2.19 bits per heavy atom. The molecule has 3 N–H and O–H groups in total. The summed E-state index contributed by atoms with van der Waals surface area (Å²) in [5.74, 6) is 0. The van der Waals surface area contributed by atoms with E-state index in [1.807, 2.05) is 31.2 Å². The van der Waals surface area contributed by atoms with E-state index < -0.39 is 0 Å². The Morgan fingerprint density at radius 3 is 2.88 bits per heavy atom. The highest BCUT2D eigenvalue weighted by Crippen LogP contribution is 2.19. The molecule has 4 heteroatoms. The summed E-state index contributed by atoms with van der Waals surface area (Å²) in [5, 5.41) is 3.24. The van der Waals surface area contributed by atoms with E-state index in [1.165, 1.54) is 6.33 Å². The Balaban J connectivity index is 2.05. The zero-order valence-corrected chi connectivity index (χ0v) is 9.14. The smallest absolute Gasteiger partial charge is 0.115 e. The van der Waals surface area contributed by atoms with Crippen LogP contribution in [0.2, 0.25) is 0 Å². The largest absolute Gasteiger partial charge is 0.397 e. The third-order valence-electron chi connectivity index (χ3n) is 2.31. The summed E-state index contributed by atoms with van der Waals surface area (Å²) in [7, 11) is 0. The van der Waals surface area contributed by atoms with Gasteiger partial charge in [0.15, 0.2) is 0 Å². The molecule has 0 fully saturated rings. The molecule has 0 saturated carbocycles. The number of nitrogens with one attached hydrogen (secondary N) is 1. The lowest BCUT2D eigenvalue weighted by atomic mass is 10.2. The zero-order chi connectivity index (χ0) is 11.4. The Kier molecular flexibility index (Phi) is 3.00. The Labute approximate surface area is 94.5 Å². The van der Waals surface area contributed by atoms with Gasteiger partial charge in [-0.15, -0.1) is 0 Å². The van der Waals surface area contributed by atoms with E-state index >= 15 is 0 Å². The van der Waals surface area contributed by atoms with Crippen LogP contribution in [-0.4, -0.2) is 9.97 Å². The van der Waals surface area contributed by atoms with E-state index in [0.29, 0.717) is 6.54 Å². The van der Waals surface area contributed by atoms with Gasteiger partial charge in [0.05, 0.1) is 23.6 Å². The van der Waals surface area contributed by atoms with Crippen LogP contribution in [-0.2, 0) is 6.54 Å². The van der Waals surface area contributed by atoms with Crippen molar-refractivity contribution in [3.63, 3.8) is 0 Å². The van der Waals surface area contributed by atoms with Gasteiger partial charge in [-0.1, -0.05) is 6.07 Å². The van der Waals surface area contributed by atoms with Crippen LogP contribution in [0.5, 0.6) is 0 Å². The number of nitrogens with two attached hydrogens (primary N) is 1. The van der Waals surface area contributed by atoms with Crippen molar-refractivity contribution in [2.24, 2.45) is 0 Å². The number of aromatic nitrogens is 2. The third-order valence-corrected chi connectivity index (χ3v) is 2.31. The Hall–Kier alpha value is -2.10. The maximum atomic E-state index is 5.89. The van der Waals surface area contributed by atoms with Gasteiger partial charge in [0.25, 0.3) is 0 Å². The molecule has 2 aromatic rings. The van der Waals surface area contributed by atoms with Crippen molar-refractivity contribution >= 4 is 11.4 Å². The fourth-order valence-electron chi connectivity index (χ4n) is 1.45. The van der Waals surface area contributed by atoms with Crippen LogP contribution >= 0.6 is 0 Å². The number of rotatable bonds is 3. The zero-order valence-electron chi connectivity index (χ0n) is 9.14. The van der Waals surface area contributed by atoms with Crippen LogP contribution in [0.4, 0.5) is 11.4 Å². The molecule has 0 bridgehead atoms. The molecule has 1 aromatic carbocycles. The van der Waals surface area contributed by atoms with Crippen molar-refractivity contribution in [1.29, 1.82) is 0 Å². The molecule has 0 unspecified atom stereocenters. The van der Waals surface area contributed by atoms with Gasteiger partial charge in [-0.3, -0.25) is 0 Å². The summed E-state index contributed by atoms with van der Waals surface area (Å²) < 4.78 is 0. The number of hydrogen-bond donors (Lipinski definition) is 2. The van der Waals surface area contributed by atoms with Crippen molar-refractivity contribution < 1.29 is 0 Å². The summed E-state index contributed by atoms with van der Waals surface area (Å²) in [4.78, 5) is 7.99. The van der Waals surface area contributed by atoms with E-state index in [1.54, 1.807) is 6.20 Å². The van der Waals surface area contributed by atoms with Gasteiger partial charge >= 0.3 is 0 Å². The number of hydrogen-bond acceptors (Lipinski definition) is 4. The number of nitrogen functional groups attached to an aromatic ring is 1. The average molecular weight is 214 g/mol. The second-order valence-corrected chi connectivity index (χ2v) is 3.64. The van der Waals surface area contributed by atoms with Crippen LogP contribution in [0.3, 0.4) is 0 Å².